The van der Waals surface area contributed by atoms with Gasteiger partial charge in [0, 0.05) is 40.4 Å². The van der Waals surface area contributed by atoms with Crippen LogP contribution in [0.15, 0.2) is 4.99 Å². The van der Waals surface area contributed by atoms with Gasteiger partial charge in [0.15, 0.2) is 5.96 Å². The highest BCUT2D eigenvalue weighted by Crippen LogP contribution is 2.30. The summed E-state index contributed by atoms with van der Waals surface area (Å²) in [4.78, 5) is 18.0. The lowest BCUT2D eigenvalue weighted by molar-refractivity contribution is -0.127. The van der Waals surface area contributed by atoms with Crippen LogP contribution in [0.1, 0.15) is 58.3 Å². The Morgan fingerprint density at radius 2 is 1.93 bits per heavy atom. The van der Waals surface area contributed by atoms with Crippen LogP contribution in [0.25, 0.3) is 0 Å². The minimum absolute atomic E-state index is 0.00633. The minimum Gasteiger partial charge on any atom is -0.378 e. The SMILES string of the molecule is CCOC(CCNC(=NCC(=O)N(C)C)NCC1CCCCO1)C1CCCC1. The number of nitrogens with zero attached hydrogens (tertiary/aromatic N) is 2. The van der Waals surface area contributed by atoms with Crippen molar-refractivity contribution in [2.45, 2.75) is 70.5 Å². The van der Waals surface area contributed by atoms with Crippen molar-refractivity contribution in [3.63, 3.8) is 0 Å². The molecule has 7 nitrogen and oxygen atoms in total. The van der Waals surface area contributed by atoms with Gasteiger partial charge in [0.25, 0.3) is 0 Å². The highest BCUT2D eigenvalue weighted by molar-refractivity contribution is 5.84. The molecular weight excluding hydrogens is 356 g/mol. The summed E-state index contributed by atoms with van der Waals surface area (Å²) in [5.41, 5.74) is 0. The van der Waals surface area contributed by atoms with E-state index in [2.05, 4.69) is 22.5 Å². The molecular formula is C21H40N4O3. The monoisotopic (exact) mass is 396 g/mol. The maximum atomic E-state index is 11.9. The fraction of sp³-hybridized carbons (Fsp3) is 0.905. The summed E-state index contributed by atoms with van der Waals surface area (Å²) in [6, 6.07) is 0. The van der Waals surface area contributed by atoms with Gasteiger partial charge in [-0.3, -0.25) is 4.79 Å². The van der Waals surface area contributed by atoms with Crippen LogP contribution < -0.4 is 10.6 Å². The molecule has 7 heteroatoms. The summed E-state index contributed by atoms with van der Waals surface area (Å²) >= 11 is 0. The number of amides is 1. The summed E-state index contributed by atoms with van der Waals surface area (Å²) in [5.74, 6) is 1.36. The second-order valence-electron chi connectivity index (χ2n) is 8.08. The lowest BCUT2D eigenvalue weighted by Crippen LogP contribution is -2.44. The van der Waals surface area contributed by atoms with E-state index in [4.69, 9.17) is 9.47 Å². The van der Waals surface area contributed by atoms with Crippen molar-refractivity contribution in [1.29, 1.82) is 0 Å². The van der Waals surface area contributed by atoms with Crippen LogP contribution >= 0.6 is 0 Å². The van der Waals surface area contributed by atoms with E-state index in [-0.39, 0.29) is 18.6 Å². The fourth-order valence-electron chi connectivity index (χ4n) is 3.97. The molecule has 2 aliphatic rings. The summed E-state index contributed by atoms with van der Waals surface area (Å²) in [6.07, 6.45) is 10.1. The standard InChI is InChI=1S/C21H40N4O3/c1-4-27-19(17-9-5-6-10-17)12-13-22-21(24-16-20(26)25(2)3)23-15-18-11-7-8-14-28-18/h17-19H,4-16H2,1-3H3,(H2,22,23,24). The zero-order chi connectivity index (χ0) is 20.2. The van der Waals surface area contributed by atoms with Crippen molar-refractivity contribution in [1.82, 2.24) is 15.5 Å². The van der Waals surface area contributed by atoms with Crippen molar-refractivity contribution < 1.29 is 14.3 Å². The highest BCUT2D eigenvalue weighted by atomic mass is 16.5. The first-order chi connectivity index (χ1) is 13.6. The molecule has 0 bridgehead atoms. The molecule has 162 valence electrons. The Balaban J connectivity index is 1.83. The third kappa shape index (κ3) is 8.35. The lowest BCUT2D eigenvalue weighted by atomic mass is 9.98. The van der Waals surface area contributed by atoms with Crippen LogP contribution in [-0.4, -0.2) is 75.9 Å². The zero-order valence-corrected chi connectivity index (χ0v) is 18.0. The van der Waals surface area contributed by atoms with E-state index in [9.17, 15) is 4.79 Å². The van der Waals surface area contributed by atoms with Crippen LogP contribution in [0.5, 0.6) is 0 Å². The molecule has 1 aliphatic carbocycles. The maximum Gasteiger partial charge on any atom is 0.243 e. The van der Waals surface area contributed by atoms with Gasteiger partial charge in [-0.1, -0.05) is 12.8 Å². The maximum absolute atomic E-state index is 11.9. The van der Waals surface area contributed by atoms with Gasteiger partial charge in [-0.05, 0) is 51.4 Å². The van der Waals surface area contributed by atoms with Gasteiger partial charge in [0.2, 0.25) is 5.91 Å². The zero-order valence-electron chi connectivity index (χ0n) is 18.0. The number of aliphatic imine (C=N–C) groups is 1. The van der Waals surface area contributed by atoms with E-state index >= 15 is 0 Å². The fourth-order valence-corrected chi connectivity index (χ4v) is 3.97. The van der Waals surface area contributed by atoms with Gasteiger partial charge in [0.1, 0.15) is 6.54 Å². The Hall–Kier alpha value is -1.34. The Kier molecular flexibility index (Phi) is 10.6. The number of rotatable bonds is 10. The molecule has 2 unspecified atom stereocenters. The number of hydrogen-bond donors (Lipinski definition) is 2. The average molecular weight is 397 g/mol. The van der Waals surface area contributed by atoms with Crippen molar-refractivity contribution in [3.8, 4) is 0 Å². The third-order valence-electron chi connectivity index (χ3n) is 5.67. The minimum atomic E-state index is -0.00633. The molecule has 2 rings (SSSR count). The normalized spacial score (nSPS) is 22.1. The predicted octanol–water partition coefficient (Wildman–Crippen LogP) is 2.16. The molecule has 1 saturated carbocycles. The Labute approximate surface area is 170 Å². The lowest BCUT2D eigenvalue weighted by Gasteiger charge is -2.25. The van der Waals surface area contributed by atoms with E-state index in [1.807, 2.05) is 0 Å². The number of carbonyl (C=O) groups is 1. The second-order valence-corrected chi connectivity index (χ2v) is 8.08. The highest BCUT2D eigenvalue weighted by Gasteiger charge is 2.25. The molecule has 0 aromatic heterocycles. The summed E-state index contributed by atoms with van der Waals surface area (Å²) in [7, 11) is 3.51. The average Bonchev–Trinajstić information content (AvgIpc) is 3.24. The number of nitrogens with one attached hydrogen (secondary N) is 2. The van der Waals surface area contributed by atoms with Crippen LogP contribution in [0.2, 0.25) is 0 Å². The van der Waals surface area contributed by atoms with Crippen LogP contribution in [-0.2, 0) is 14.3 Å². The van der Waals surface area contributed by atoms with Gasteiger partial charge < -0.3 is 25.0 Å². The first-order valence-electron chi connectivity index (χ1n) is 11.1. The van der Waals surface area contributed by atoms with Gasteiger partial charge in [-0.2, -0.15) is 0 Å². The van der Waals surface area contributed by atoms with Crippen molar-refractivity contribution in [2.75, 3.05) is 46.9 Å². The van der Waals surface area contributed by atoms with Crippen LogP contribution in [0.4, 0.5) is 0 Å². The summed E-state index contributed by atoms with van der Waals surface area (Å²) in [5, 5.41) is 6.76. The van der Waals surface area contributed by atoms with Crippen LogP contribution in [0.3, 0.4) is 0 Å². The molecule has 0 radical (unpaired) electrons. The first kappa shape index (κ1) is 22.9. The molecule has 0 spiro atoms. The van der Waals surface area contributed by atoms with Gasteiger partial charge >= 0.3 is 0 Å². The Morgan fingerprint density at radius 1 is 1.18 bits per heavy atom. The Bertz CT molecular complexity index is 472. The molecule has 1 aliphatic heterocycles. The Morgan fingerprint density at radius 3 is 2.57 bits per heavy atom. The molecule has 28 heavy (non-hydrogen) atoms. The molecule has 2 N–H and O–H groups in total. The number of hydrogen-bond acceptors (Lipinski definition) is 4. The molecule has 1 saturated heterocycles. The second kappa shape index (κ2) is 13.0. The van der Waals surface area contributed by atoms with Crippen LogP contribution in [0, 0.1) is 5.92 Å². The van der Waals surface area contributed by atoms with Crippen molar-refractivity contribution in [3.05, 3.63) is 0 Å². The number of ether oxygens (including phenoxy) is 2. The van der Waals surface area contributed by atoms with Gasteiger partial charge in [-0.15, -0.1) is 0 Å². The predicted molar refractivity (Wildman–Crippen MR) is 113 cm³/mol. The molecule has 2 atom stereocenters. The smallest absolute Gasteiger partial charge is 0.243 e. The van der Waals surface area contributed by atoms with E-state index in [1.54, 1.807) is 19.0 Å². The molecule has 1 heterocycles. The van der Waals surface area contributed by atoms with Gasteiger partial charge in [-0.25, -0.2) is 4.99 Å². The molecule has 0 aromatic rings. The molecule has 1 amide bonds. The van der Waals surface area contributed by atoms with E-state index < -0.39 is 0 Å². The van der Waals surface area contributed by atoms with E-state index in [0.29, 0.717) is 18.0 Å². The third-order valence-corrected chi connectivity index (χ3v) is 5.67. The van der Waals surface area contributed by atoms with Crippen molar-refractivity contribution in [2.24, 2.45) is 10.9 Å². The first-order valence-corrected chi connectivity index (χ1v) is 11.1. The quantitative estimate of drug-likeness (QED) is 0.437. The molecule has 2 fully saturated rings. The summed E-state index contributed by atoms with van der Waals surface area (Å²) < 4.78 is 11.8. The van der Waals surface area contributed by atoms with E-state index in [0.717, 1.165) is 45.6 Å². The van der Waals surface area contributed by atoms with E-state index in [1.165, 1.54) is 32.1 Å². The number of carbonyl (C=O) groups excluding carboxylic acids is 1. The number of guanidine groups is 1. The molecule has 0 aromatic carbocycles. The summed E-state index contributed by atoms with van der Waals surface area (Å²) in [6.45, 7) is 5.32. The topological polar surface area (TPSA) is 75.2 Å². The van der Waals surface area contributed by atoms with Crippen molar-refractivity contribution >= 4 is 11.9 Å². The van der Waals surface area contributed by atoms with Gasteiger partial charge in [0.05, 0.1) is 12.2 Å². The largest absolute Gasteiger partial charge is 0.378 e. The number of likely N-dealkylation sites (N-methyl/N-ethyl adjacent to an activating group) is 1.